The summed E-state index contributed by atoms with van der Waals surface area (Å²) >= 11 is 0. The Bertz CT molecular complexity index is 866. The molecular formula is C18H15N3O3. The van der Waals surface area contributed by atoms with E-state index >= 15 is 0 Å². The molecule has 0 amide bonds. The number of rotatable bonds is 5. The Morgan fingerprint density at radius 2 is 1.88 bits per heavy atom. The molecule has 0 aliphatic carbocycles. The monoisotopic (exact) mass is 321 g/mol. The summed E-state index contributed by atoms with van der Waals surface area (Å²) in [6.07, 6.45) is 1.99. The Morgan fingerprint density at radius 3 is 2.58 bits per heavy atom. The van der Waals surface area contributed by atoms with Crippen molar-refractivity contribution in [3.05, 3.63) is 87.7 Å². The van der Waals surface area contributed by atoms with Crippen LogP contribution in [0.15, 0.2) is 60.8 Å². The maximum absolute atomic E-state index is 10.9. The van der Waals surface area contributed by atoms with Gasteiger partial charge in [0.15, 0.2) is 5.82 Å². The third kappa shape index (κ3) is 3.44. The predicted molar refractivity (Wildman–Crippen MR) is 89.3 cm³/mol. The molecule has 0 aliphatic rings. The Morgan fingerprint density at radius 1 is 1.08 bits per heavy atom. The summed E-state index contributed by atoms with van der Waals surface area (Å²) < 4.78 is 0. The van der Waals surface area contributed by atoms with E-state index in [9.17, 15) is 15.2 Å². The van der Waals surface area contributed by atoms with Gasteiger partial charge in [-0.05, 0) is 5.56 Å². The minimum Gasteiger partial charge on any atom is -0.392 e. The summed E-state index contributed by atoms with van der Waals surface area (Å²) in [5.41, 5.74) is 2.95. The first-order chi connectivity index (χ1) is 11.7. The van der Waals surface area contributed by atoms with Gasteiger partial charge in [0.2, 0.25) is 0 Å². The summed E-state index contributed by atoms with van der Waals surface area (Å²) in [6, 6.07) is 15.9. The molecule has 1 heterocycles. The fourth-order valence-corrected chi connectivity index (χ4v) is 2.43. The summed E-state index contributed by atoms with van der Waals surface area (Å²) in [5, 5.41) is 20.4. The van der Waals surface area contributed by atoms with Gasteiger partial charge in [0.05, 0.1) is 17.2 Å². The van der Waals surface area contributed by atoms with E-state index in [4.69, 9.17) is 0 Å². The Labute approximate surface area is 138 Å². The van der Waals surface area contributed by atoms with Crippen LogP contribution in [0.2, 0.25) is 0 Å². The average Bonchev–Trinajstić information content (AvgIpc) is 2.62. The average molecular weight is 321 g/mol. The highest BCUT2D eigenvalue weighted by Gasteiger charge is 2.11. The molecule has 24 heavy (non-hydrogen) atoms. The van der Waals surface area contributed by atoms with Gasteiger partial charge in [-0.1, -0.05) is 42.5 Å². The normalized spacial score (nSPS) is 10.5. The van der Waals surface area contributed by atoms with Crippen molar-refractivity contribution in [2.45, 2.75) is 13.0 Å². The van der Waals surface area contributed by atoms with Crippen molar-refractivity contribution in [3.63, 3.8) is 0 Å². The van der Waals surface area contributed by atoms with Crippen LogP contribution >= 0.6 is 0 Å². The third-order valence-corrected chi connectivity index (χ3v) is 3.65. The molecule has 3 aromatic rings. The van der Waals surface area contributed by atoms with Gasteiger partial charge in [0.1, 0.15) is 0 Å². The molecule has 0 fully saturated rings. The molecule has 120 valence electrons. The molecule has 0 saturated heterocycles. The lowest BCUT2D eigenvalue weighted by atomic mass is 10.1. The van der Waals surface area contributed by atoms with Crippen LogP contribution in [0, 0.1) is 10.1 Å². The highest BCUT2D eigenvalue weighted by molar-refractivity contribution is 5.55. The lowest BCUT2D eigenvalue weighted by Crippen LogP contribution is -2.03. The summed E-state index contributed by atoms with van der Waals surface area (Å²) in [5.74, 6) is 0.563. The lowest BCUT2D eigenvalue weighted by molar-refractivity contribution is -0.384. The maximum Gasteiger partial charge on any atom is 0.269 e. The first-order valence-electron chi connectivity index (χ1n) is 7.42. The Hall–Kier alpha value is -3.12. The van der Waals surface area contributed by atoms with Gasteiger partial charge in [-0.3, -0.25) is 10.1 Å². The van der Waals surface area contributed by atoms with Crippen LogP contribution in [0.25, 0.3) is 11.4 Å². The minimum absolute atomic E-state index is 0.0374. The molecule has 3 rings (SSSR count). The van der Waals surface area contributed by atoms with Gasteiger partial charge in [0.25, 0.3) is 5.69 Å². The van der Waals surface area contributed by atoms with E-state index in [0.717, 1.165) is 11.1 Å². The van der Waals surface area contributed by atoms with E-state index in [0.29, 0.717) is 23.5 Å². The van der Waals surface area contributed by atoms with E-state index in [2.05, 4.69) is 9.97 Å². The first kappa shape index (κ1) is 15.8. The zero-order valence-electron chi connectivity index (χ0n) is 12.8. The molecular weight excluding hydrogens is 306 g/mol. The second kappa shape index (κ2) is 6.97. The van der Waals surface area contributed by atoms with Crippen LogP contribution < -0.4 is 0 Å². The SMILES string of the molecule is O=[N+]([O-])c1cccc(Cc2nc(-c3ccccc3)ncc2CO)c1. The molecule has 6 nitrogen and oxygen atoms in total. The number of aliphatic hydroxyl groups excluding tert-OH is 1. The zero-order valence-corrected chi connectivity index (χ0v) is 12.8. The maximum atomic E-state index is 10.9. The van der Waals surface area contributed by atoms with Gasteiger partial charge in [-0.2, -0.15) is 0 Å². The van der Waals surface area contributed by atoms with Crippen molar-refractivity contribution >= 4 is 5.69 Å². The molecule has 0 spiro atoms. The van der Waals surface area contributed by atoms with Crippen molar-refractivity contribution < 1.29 is 10.0 Å². The second-order valence-electron chi connectivity index (χ2n) is 5.29. The van der Waals surface area contributed by atoms with Gasteiger partial charge >= 0.3 is 0 Å². The number of nitrogens with zero attached hydrogens (tertiary/aromatic N) is 3. The van der Waals surface area contributed by atoms with E-state index in [-0.39, 0.29) is 12.3 Å². The van der Waals surface area contributed by atoms with Crippen LogP contribution in [0.5, 0.6) is 0 Å². The van der Waals surface area contributed by atoms with Crippen molar-refractivity contribution in [2.75, 3.05) is 0 Å². The number of benzene rings is 2. The Kier molecular flexibility index (Phi) is 4.58. The van der Waals surface area contributed by atoms with Crippen LogP contribution in [0.1, 0.15) is 16.8 Å². The molecule has 1 aromatic heterocycles. The van der Waals surface area contributed by atoms with E-state index in [1.165, 1.54) is 12.1 Å². The standard InChI is InChI=1S/C18H15N3O3/c22-12-15-11-19-18(14-6-2-1-3-7-14)20-17(15)10-13-5-4-8-16(9-13)21(23)24/h1-9,11,22H,10,12H2. The number of aromatic nitrogens is 2. The van der Waals surface area contributed by atoms with Crippen molar-refractivity contribution in [3.8, 4) is 11.4 Å². The Balaban J connectivity index is 1.97. The molecule has 6 heteroatoms. The highest BCUT2D eigenvalue weighted by atomic mass is 16.6. The fraction of sp³-hybridized carbons (Fsp3) is 0.111. The molecule has 2 aromatic carbocycles. The predicted octanol–water partition coefficient (Wildman–Crippen LogP) is 3.13. The van der Waals surface area contributed by atoms with Crippen molar-refractivity contribution in [1.29, 1.82) is 0 Å². The highest BCUT2D eigenvalue weighted by Crippen LogP contribution is 2.20. The molecule has 0 aliphatic heterocycles. The van der Waals surface area contributed by atoms with Crippen molar-refractivity contribution in [1.82, 2.24) is 9.97 Å². The largest absolute Gasteiger partial charge is 0.392 e. The number of aliphatic hydroxyl groups is 1. The quantitative estimate of drug-likeness (QED) is 0.576. The van der Waals surface area contributed by atoms with E-state index in [1.54, 1.807) is 18.3 Å². The van der Waals surface area contributed by atoms with Crippen LogP contribution in [-0.4, -0.2) is 20.0 Å². The number of nitro groups is 1. The molecule has 0 unspecified atom stereocenters. The van der Waals surface area contributed by atoms with Gasteiger partial charge in [-0.15, -0.1) is 0 Å². The third-order valence-electron chi connectivity index (χ3n) is 3.65. The van der Waals surface area contributed by atoms with Crippen LogP contribution in [-0.2, 0) is 13.0 Å². The lowest BCUT2D eigenvalue weighted by Gasteiger charge is -2.09. The van der Waals surface area contributed by atoms with Crippen LogP contribution in [0.4, 0.5) is 5.69 Å². The summed E-state index contributed by atoms with van der Waals surface area (Å²) in [6.45, 7) is -0.181. The fourth-order valence-electron chi connectivity index (χ4n) is 2.43. The zero-order chi connectivity index (χ0) is 16.9. The first-order valence-corrected chi connectivity index (χ1v) is 7.42. The molecule has 1 N–H and O–H groups in total. The van der Waals surface area contributed by atoms with Crippen LogP contribution in [0.3, 0.4) is 0 Å². The molecule has 0 atom stereocenters. The number of non-ortho nitro benzene ring substituents is 1. The second-order valence-corrected chi connectivity index (χ2v) is 5.29. The van der Waals surface area contributed by atoms with E-state index < -0.39 is 4.92 Å². The summed E-state index contributed by atoms with van der Waals surface area (Å²) in [4.78, 5) is 19.3. The number of hydrogen-bond acceptors (Lipinski definition) is 5. The minimum atomic E-state index is -0.425. The summed E-state index contributed by atoms with van der Waals surface area (Å²) in [7, 11) is 0. The van der Waals surface area contributed by atoms with Gasteiger partial charge in [-0.25, -0.2) is 9.97 Å². The number of nitro benzene ring substituents is 1. The van der Waals surface area contributed by atoms with Gasteiger partial charge < -0.3 is 5.11 Å². The molecule has 0 radical (unpaired) electrons. The molecule has 0 saturated carbocycles. The topological polar surface area (TPSA) is 89.2 Å². The van der Waals surface area contributed by atoms with Crippen molar-refractivity contribution in [2.24, 2.45) is 0 Å². The van der Waals surface area contributed by atoms with E-state index in [1.807, 2.05) is 30.3 Å². The smallest absolute Gasteiger partial charge is 0.269 e. The number of hydrogen-bond donors (Lipinski definition) is 1. The molecule has 0 bridgehead atoms. The van der Waals surface area contributed by atoms with Gasteiger partial charge in [0, 0.05) is 35.9 Å².